The molecule has 1 saturated carbocycles. The van der Waals surface area contributed by atoms with Gasteiger partial charge in [-0.15, -0.1) is 13.0 Å². The Balaban J connectivity index is 1.73. The van der Waals surface area contributed by atoms with Gasteiger partial charge in [-0.2, -0.15) is 22.7 Å². The first kappa shape index (κ1) is 23.6. The molecule has 1 aromatic carbocycles. The van der Waals surface area contributed by atoms with Crippen molar-refractivity contribution in [3.8, 4) is 29.8 Å². The van der Waals surface area contributed by atoms with Crippen LogP contribution in [0.5, 0.6) is 0 Å². The number of aromatic nitrogens is 2. The van der Waals surface area contributed by atoms with Gasteiger partial charge < -0.3 is 4.98 Å². The second-order valence-electron chi connectivity index (χ2n) is 7.92. The van der Waals surface area contributed by atoms with E-state index in [2.05, 4.69) is 22.6 Å². The van der Waals surface area contributed by atoms with Crippen molar-refractivity contribution >= 4 is 20.9 Å². The number of nitrogens with zero attached hydrogens (tertiary/aromatic N) is 3. The fraction of sp³-hybridized carbons (Fsp3) is 0.250. The van der Waals surface area contributed by atoms with Crippen molar-refractivity contribution in [2.24, 2.45) is 0 Å². The van der Waals surface area contributed by atoms with Crippen LogP contribution in [0.4, 0.5) is 13.2 Å². The van der Waals surface area contributed by atoms with E-state index in [1.165, 1.54) is 17.6 Å². The highest BCUT2D eigenvalue weighted by molar-refractivity contribution is 7.89. The molecule has 1 N–H and O–H groups in total. The van der Waals surface area contributed by atoms with E-state index < -0.39 is 33.7 Å². The molecule has 1 fully saturated rings. The van der Waals surface area contributed by atoms with Crippen molar-refractivity contribution in [2.75, 3.05) is 6.54 Å². The summed E-state index contributed by atoms with van der Waals surface area (Å²) < 4.78 is 66.2. The maximum atomic E-state index is 13.4. The summed E-state index contributed by atoms with van der Waals surface area (Å²) in [6.07, 6.45) is 4.26. The van der Waals surface area contributed by atoms with Gasteiger partial charge in [0, 0.05) is 23.6 Å². The Labute approximate surface area is 194 Å². The van der Waals surface area contributed by atoms with Gasteiger partial charge in [-0.3, -0.25) is 4.98 Å². The third kappa shape index (κ3) is 4.18. The van der Waals surface area contributed by atoms with Crippen LogP contribution >= 0.6 is 0 Å². The Morgan fingerprint density at radius 2 is 2.06 bits per heavy atom. The summed E-state index contributed by atoms with van der Waals surface area (Å²) in [7, 11) is -4.64. The number of sulfonamides is 1. The third-order valence-corrected chi connectivity index (χ3v) is 7.46. The van der Waals surface area contributed by atoms with Crippen molar-refractivity contribution < 1.29 is 21.6 Å². The van der Waals surface area contributed by atoms with Crippen LogP contribution < -0.4 is 0 Å². The predicted molar refractivity (Wildman–Crippen MR) is 121 cm³/mol. The van der Waals surface area contributed by atoms with E-state index >= 15 is 0 Å². The van der Waals surface area contributed by atoms with Gasteiger partial charge in [-0.25, -0.2) is 8.42 Å². The van der Waals surface area contributed by atoms with Crippen LogP contribution in [-0.4, -0.2) is 41.5 Å². The zero-order chi connectivity index (χ0) is 24.7. The number of fused-ring (bicyclic) bond motifs is 1. The highest BCUT2D eigenvalue weighted by Gasteiger charge is 2.47. The Morgan fingerprint density at radius 1 is 1.32 bits per heavy atom. The van der Waals surface area contributed by atoms with Gasteiger partial charge in [0.25, 0.3) is 0 Å². The number of benzene rings is 1. The zero-order valence-corrected chi connectivity index (χ0v) is 18.6. The van der Waals surface area contributed by atoms with E-state index in [0.717, 1.165) is 36.7 Å². The summed E-state index contributed by atoms with van der Waals surface area (Å²) in [4.78, 5) is 6.84. The van der Waals surface area contributed by atoms with E-state index in [-0.39, 0.29) is 10.00 Å². The fourth-order valence-electron chi connectivity index (χ4n) is 3.82. The summed E-state index contributed by atoms with van der Waals surface area (Å²) >= 11 is 0. The standard InChI is InChI=1S/C24H19F3N4O2S/c1-3-11-31(22(4-2)24(25,26)27)34(32,33)17-8-10-20(29-14-17)23-19(13-28)18-9-7-16(15-5-6-15)12-21(18)30-23/h2-3,7-10,12,14-15,22,30H,1,5-6,11H2. The SMILES string of the molecule is C#CC(N(CC=C)S(=O)(=O)c1ccc(-c2[nH]c3cc(C4CC4)ccc3c2C#N)nc1)C(F)(F)F. The first-order chi connectivity index (χ1) is 16.1. The lowest BCUT2D eigenvalue weighted by Gasteiger charge is -2.27. The van der Waals surface area contributed by atoms with Crippen molar-refractivity contribution in [2.45, 2.75) is 35.9 Å². The van der Waals surface area contributed by atoms with Gasteiger partial charge in [0.2, 0.25) is 10.0 Å². The number of nitrogens with one attached hydrogen (secondary N) is 1. The molecule has 0 saturated heterocycles. The Kier molecular flexibility index (Phi) is 5.98. The number of aromatic amines is 1. The number of H-pyrrole nitrogens is 1. The van der Waals surface area contributed by atoms with Gasteiger partial charge >= 0.3 is 6.18 Å². The van der Waals surface area contributed by atoms with Crippen LogP contribution in [0.15, 0.2) is 54.1 Å². The molecule has 3 aromatic rings. The quantitative estimate of drug-likeness (QED) is 0.388. The fourth-order valence-corrected chi connectivity index (χ4v) is 5.28. The van der Waals surface area contributed by atoms with E-state index in [1.807, 2.05) is 18.2 Å². The molecule has 0 aliphatic heterocycles. The first-order valence-electron chi connectivity index (χ1n) is 10.3. The molecule has 0 spiro atoms. The smallest absolute Gasteiger partial charge is 0.352 e. The number of rotatable bonds is 7. The maximum Gasteiger partial charge on any atom is 0.416 e. The minimum absolute atomic E-state index is 0.153. The lowest BCUT2D eigenvalue weighted by atomic mass is 10.1. The van der Waals surface area contributed by atoms with Gasteiger partial charge in [-0.1, -0.05) is 24.1 Å². The second-order valence-corrected chi connectivity index (χ2v) is 9.81. The summed E-state index contributed by atoms with van der Waals surface area (Å²) in [5.41, 5.74) is 2.95. The summed E-state index contributed by atoms with van der Waals surface area (Å²) in [6, 6.07) is 7.80. The molecular weight excluding hydrogens is 465 g/mol. The molecule has 10 heteroatoms. The molecule has 1 aliphatic rings. The normalized spacial score (nSPS) is 15.1. The minimum atomic E-state index is -4.97. The zero-order valence-electron chi connectivity index (χ0n) is 17.8. The molecule has 2 heterocycles. The molecule has 2 aromatic heterocycles. The highest BCUT2D eigenvalue weighted by atomic mass is 32.2. The number of nitriles is 1. The average Bonchev–Trinajstić information content (AvgIpc) is 3.58. The third-order valence-electron chi connectivity index (χ3n) is 5.65. The molecule has 0 radical (unpaired) electrons. The lowest BCUT2D eigenvalue weighted by molar-refractivity contribution is -0.155. The van der Waals surface area contributed by atoms with Crippen LogP contribution in [0.1, 0.15) is 29.9 Å². The second kappa shape index (κ2) is 8.64. The Morgan fingerprint density at radius 3 is 2.59 bits per heavy atom. The molecule has 6 nitrogen and oxygen atoms in total. The summed E-state index contributed by atoms with van der Waals surface area (Å²) in [6.45, 7) is 2.69. The van der Waals surface area contributed by atoms with Crippen LogP contribution in [0.25, 0.3) is 22.3 Å². The van der Waals surface area contributed by atoms with Crippen LogP contribution in [0.3, 0.4) is 0 Å². The number of terminal acetylenes is 1. The number of pyridine rings is 1. The van der Waals surface area contributed by atoms with E-state index in [0.29, 0.717) is 22.6 Å². The molecule has 0 amide bonds. The summed E-state index contributed by atoms with van der Waals surface area (Å²) in [5.74, 6) is 2.02. The molecule has 1 aliphatic carbocycles. The van der Waals surface area contributed by atoms with E-state index in [9.17, 15) is 26.9 Å². The summed E-state index contributed by atoms with van der Waals surface area (Å²) in [5, 5.41) is 10.4. The van der Waals surface area contributed by atoms with Crippen LogP contribution in [0, 0.1) is 23.7 Å². The molecular formula is C24H19F3N4O2S. The van der Waals surface area contributed by atoms with Gasteiger partial charge in [-0.05, 0) is 42.5 Å². The van der Waals surface area contributed by atoms with E-state index in [1.54, 1.807) is 0 Å². The van der Waals surface area contributed by atoms with Crippen molar-refractivity contribution in [3.05, 3.63) is 60.3 Å². The van der Waals surface area contributed by atoms with Gasteiger partial charge in [0.15, 0.2) is 6.04 Å². The number of hydrogen-bond acceptors (Lipinski definition) is 4. The van der Waals surface area contributed by atoms with Gasteiger partial charge in [0.1, 0.15) is 11.0 Å². The highest BCUT2D eigenvalue weighted by Crippen LogP contribution is 2.41. The van der Waals surface area contributed by atoms with Gasteiger partial charge in [0.05, 0.1) is 17.0 Å². The predicted octanol–water partition coefficient (Wildman–Crippen LogP) is 4.72. The Bertz CT molecular complexity index is 1440. The number of hydrogen-bond donors (Lipinski definition) is 1. The first-order valence-corrected chi connectivity index (χ1v) is 11.7. The van der Waals surface area contributed by atoms with Crippen molar-refractivity contribution in [3.63, 3.8) is 0 Å². The average molecular weight is 485 g/mol. The number of alkyl halides is 3. The molecule has 1 unspecified atom stereocenters. The molecule has 1 atom stereocenters. The molecule has 0 bridgehead atoms. The van der Waals surface area contributed by atoms with Crippen LogP contribution in [0.2, 0.25) is 0 Å². The number of halogens is 3. The van der Waals surface area contributed by atoms with Crippen LogP contribution in [-0.2, 0) is 10.0 Å². The monoisotopic (exact) mass is 484 g/mol. The molecule has 34 heavy (non-hydrogen) atoms. The van der Waals surface area contributed by atoms with Crippen molar-refractivity contribution in [1.29, 1.82) is 5.26 Å². The topological polar surface area (TPSA) is 89.9 Å². The molecule has 174 valence electrons. The maximum absolute atomic E-state index is 13.4. The molecule has 4 rings (SSSR count). The minimum Gasteiger partial charge on any atom is -0.352 e. The lowest BCUT2D eigenvalue weighted by Crippen LogP contribution is -2.48. The largest absolute Gasteiger partial charge is 0.416 e. The van der Waals surface area contributed by atoms with E-state index in [4.69, 9.17) is 6.42 Å². The Hall–Kier alpha value is -3.60. The van der Waals surface area contributed by atoms with Crippen molar-refractivity contribution in [1.82, 2.24) is 14.3 Å².